The number of carbonyl (C=O) groups excluding carboxylic acids is 3. The molecule has 0 aromatic heterocycles. The molecule has 5 rings (SSSR count). The Morgan fingerprint density at radius 3 is 2.04 bits per heavy atom. The summed E-state index contributed by atoms with van der Waals surface area (Å²) in [4.78, 5) is 43.1. The minimum absolute atomic E-state index is 0.0892. The highest BCUT2D eigenvalue weighted by atomic mass is 79.9. The molecule has 0 atom stereocenters. The van der Waals surface area contributed by atoms with Gasteiger partial charge in [-0.2, -0.15) is 0 Å². The van der Waals surface area contributed by atoms with E-state index in [4.69, 9.17) is 9.47 Å². The summed E-state index contributed by atoms with van der Waals surface area (Å²) in [6.07, 6.45) is 2.39. The maximum atomic E-state index is 14.0. The van der Waals surface area contributed by atoms with Crippen LogP contribution in [0.15, 0.2) is 57.3 Å². The SMILES string of the molecule is CCOc1cc(C2C3=C(CC(C)(C)CC3=O)N(CC)C3=C2C(=O)CC(C)(C)C3)cc(Br)c1OCC(=O)Nc1ccc(C)cc1C. The topological polar surface area (TPSA) is 84.9 Å². The number of ether oxygens (including phenoxy) is 2. The van der Waals surface area contributed by atoms with Crippen molar-refractivity contribution in [2.45, 2.75) is 87.0 Å². The molecule has 1 amide bonds. The van der Waals surface area contributed by atoms with Crippen LogP contribution in [0.3, 0.4) is 0 Å². The van der Waals surface area contributed by atoms with Gasteiger partial charge in [-0.3, -0.25) is 14.4 Å². The summed E-state index contributed by atoms with van der Waals surface area (Å²) in [7, 11) is 0. The number of carbonyl (C=O) groups is 3. The third-order valence-electron chi connectivity index (χ3n) is 9.01. The predicted octanol–water partition coefficient (Wildman–Crippen LogP) is 8.19. The van der Waals surface area contributed by atoms with E-state index in [2.05, 4.69) is 60.8 Å². The molecule has 3 aliphatic rings. The molecule has 0 spiro atoms. The van der Waals surface area contributed by atoms with Gasteiger partial charge in [-0.05, 0) is 96.6 Å². The second kappa shape index (κ2) is 12.4. The van der Waals surface area contributed by atoms with E-state index < -0.39 is 5.92 Å². The summed E-state index contributed by atoms with van der Waals surface area (Å²) >= 11 is 3.69. The highest BCUT2D eigenvalue weighted by molar-refractivity contribution is 9.10. The summed E-state index contributed by atoms with van der Waals surface area (Å²) in [5, 5.41) is 2.92. The molecule has 240 valence electrons. The lowest BCUT2D eigenvalue weighted by Crippen LogP contribution is -2.44. The van der Waals surface area contributed by atoms with E-state index in [0.29, 0.717) is 42.0 Å². The number of amides is 1. The quantitative estimate of drug-likeness (QED) is 0.304. The van der Waals surface area contributed by atoms with Crippen LogP contribution in [0, 0.1) is 24.7 Å². The first-order chi connectivity index (χ1) is 21.1. The van der Waals surface area contributed by atoms with Crippen molar-refractivity contribution in [3.8, 4) is 11.5 Å². The zero-order valence-corrected chi connectivity index (χ0v) is 29.4. The normalized spacial score (nSPS) is 19.4. The minimum atomic E-state index is -0.498. The molecule has 8 heteroatoms. The molecule has 0 saturated carbocycles. The first-order valence-electron chi connectivity index (χ1n) is 15.9. The smallest absolute Gasteiger partial charge is 0.262 e. The third kappa shape index (κ3) is 6.62. The number of Topliss-reactive ketones (excluding diaryl/α,β-unsaturated/α-hetero) is 2. The molecular formula is C37H45BrN2O5. The van der Waals surface area contributed by atoms with Gasteiger partial charge in [0.25, 0.3) is 5.91 Å². The van der Waals surface area contributed by atoms with Crippen molar-refractivity contribution < 1.29 is 23.9 Å². The summed E-state index contributed by atoms with van der Waals surface area (Å²) in [5.41, 5.74) is 6.79. The molecule has 1 heterocycles. The Balaban J connectivity index is 1.56. The summed E-state index contributed by atoms with van der Waals surface area (Å²) < 4.78 is 12.7. The number of halogens is 1. The van der Waals surface area contributed by atoms with Crippen LogP contribution in [-0.4, -0.2) is 42.1 Å². The van der Waals surface area contributed by atoms with Crippen LogP contribution >= 0.6 is 15.9 Å². The fraction of sp³-hybridized carbons (Fsp3) is 0.486. The molecule has 0 fully saturated rings. The maximum absolute atomic E-state index is 14.0. The van der Waals surface area contributed by atoms with Gasteiger partial charge in [0.1, 0.15) is 0 Å². The van der Waals surface area contributed by atoms with Crippen molar-refractivity contribution in [3.05, 3.63) is 74.0 Å². The minimum Gasteiger partial charge on any atom is -0.490 e. The fourth-order valence-electron chi connectivity index (χ4n) is 7.20. The van der Waals surface area contributed by atoms with Gasteiger partial charge in [0, 0.05) is 53.5 Å². The standard InChI is InChI=1S/C37H45BrN2O5/c1-9-40-26-16-36(5,6)18-28(41)33(26)32(34-27(40)17-37(7,8)19-29(34)42)23-14-24(38)35(30(15-23)44-10-2)45-20-31(43)39-25-12-11-21(3)13-22(25)4/h11-15,32H,9-10,16-20H2,1-8H3,(H,39,43). The molecule has 2 aromatic rings. The predicted molar refractivity (Wildman–Crippen MR) is 181 cm³/mol. The molecule has 2 aliphatic carbocycles. The van der Waals surface area contributed by atoms with Crippen molar-refractivity contribution >= 4 is 39.1 Å². The van der Waals surface area contributed by atoms with E-state index in [9.17, 15) is 14.4 Å². The second-order valence-electron chi connectivity index (χ2n) is 14.2. The van der Waals surface area contributed by atoms with E-state index in [-0.39, 0.29) is 34.9 Å². The van der Waals surface area contributed by atoms with Gasteiger partial charge in [-0.15, -0.1) is 0 Å². The lowest BCUT2D eigenvalue weighted by molar-refractivity contribution is -0.120. The Labute approximate surface area is 275 Å². The molecule has 0 bridgehead atoms. The van der Waals surface area contributed by atoms with Crippen LogP contribution in [-0.2, 0) is 14.4 Å². The number of rotatable bonds is 8. The molecule has 1 aliphatic heterocycles. The Morgan fingerprint density at radius 1 is 0.911 bits per heavy atom. The van der Waals surface area contributed by atoms with E-state index >= 15 is 0 Å². The Bertz CT molecular complexity index is 1580. The summed E-state index contributed by atoms with van der Waals surface area (Å²) in [6.45, 7) is 17.4. The van der Waals surface area contributed by atoms with E-state index in [1.807, 2.05) is 51.1 Å². The summed E-state index contributed by atoms with van der Waals surface area (Å²) in [5.74, 6) is 0.247. The van der Waals surface area contributed by atoms with Crippen LogP contribution in [0.25, 0.3) is 0 Å². The van der Waals surface area contributed by atoms with Crippen LogP contribution in [0.2, 0.25) is 0 Å². The molecule has 1 N–H and O–H groups in total. The maximum Gasteiger partial charge on any atom is 0.262 e. The highest BCUT2D eigenvalue weighted by Gasteiger charge is 2.48. The monoisotopic (exact) mass is 676 g/mol. The number of allylic oxidation sites excluding steroid dienone is 4. The Kier molecular flexibility index (Phi) is 9.11. The highest BCUT2D eigenvalue weighted by Crippen LogP contribution is 2.55. The van der Waals surface area contributed by atoms with Crippen LogP contribution in [0.5, 0.6) is 11.5 Å². The van der Waals surface area contributed by atoms with Crippen molar-refractivity contribution in [1.29, 1.82) is 0 Å². The average Bonchev–Trinajstić information content (AvgIpc) is 2.92. The molecule has 0 saturated heterocycles. The molecule has 0 radical (unpaired) electrons. The van der Waals surface area contributed by atoms with Gasteiger partial charge in [-0.25, -0.2) is 0 Å². The van der Waals surface area contributed by atoms with Crippen molar-refractivity contribution in [2.75, 3.05) is 25.1 Å². The average molecular weight is 678 g/mol. The van der Waals surface area contributed by atoms with Crippen LogP contribution in [0.1, 0.15) is 89.8 Å². The second-order valence-corrected chi connectivity index (χ2v) is 15.1. The number of nitrogens with one attached hydrogen (secondary N) is 1. The number of nitrogens with zero attached hydrogens (tertiary/aromatic N) is 1. The lowest BCUT2D eigenvalue weighted by Gasteiger charge is -2.49. The zero-order valence-electron chi connectivity index (χ0n) is 27.8. The Hall–Kier alpha value is -3.39. The first kappa shape index (κ1) is 33.0. The molecule has 7 nitrogen and oxygen atoms in total. The van der Waals surface area contributed by atoms with Gasteiger partial charge in [0.15, 0.2) is 29.7 Å². The number of anilines is 1. The molecule has 2 aromatic carbocycles. The molecule has 45 heavy (non-hydrogen) atoms. The molecular weight excluding hydrogens is 632 g/mol. The van der Waals surface area contributed by atoms with Gasteiger partial charge < -0.3 is 19.7 Å². The zero-order chi connectivity index (χ0) is 32.8. The number of benzene rings is 2. The van der Waals surface area contributed by atoms with Crippen LogP contribution < -0.4 is 14.8 Å². The molecule has 0 unspecified atom stereocenters. The largest absolute Gasteiger partial charge is 0.490 e. The van der Waals surface area contributed by atoms with Crippen molar-refractivity contribution in [3.63, 3.8) is 0 Å². The number of aryl methyl sites for hydroxylation is 2. The van der Waals surface area contributed by atoms with Gasteiger partial charge in [-0.1, -0.05) is 45.4 Å². The number of hydrogen-bond donors (Lipinski definition) is 1. The van der Waals surface area contributed by atoms with E-state index in [1.54, 1.807) is 0 Å². The van der Waals surface area contributed by atoms with E-state index in [0.717, 1.165) is 57.8 Å². The Morgan fingerprint density at radius 2 is 1.51 bits per heavy atom. The summed E-state index contributed by atoms with van der Waals surface area (Å²) in [6, 6.07) is 9.65. The fourth-order valence-corrected chi connectivity index (χ4v) is 7.77. The van der Waals surface area contributed by atoms with Crippen molar-refractivity contribution in [1.82, 2.24) is 4.90 Å². The van der Waals surface area contributed by atoms with Gasteiger partial charge in [0.05, 0.1) is 11.1 Å². The number of hydrogen-bond acceptors (Lipinski definition) is 6. The van der Waals surface area contributed by atoms with Gasteiger partial charge in [0.2, 0.25) is 0 Å². The number of ketones is 2. The van der Waals surface area contributed by atoms with E-state index in [1.165, 1.54) is 0 Å². The first-order valence-corrected chi connectivity index (χ1v) is 16.7. The van der Waals surface area contributed by atoms with Crippen molar-refractivity contribution in [2.24, 2.45) is 10.8 Å². The van der Waals surface area contributed by atoms with Crippen LogP contribution in [0.4, 0.5) is 5.69 Å². The lowest BCUT2D eigenvalue weighted by atomic mass is 9.63. The van der Waals surface area contributed by atoms with Gasteiger partial charge >= 0.3 is 0 Å². The third-order valence-corrected chi connectivity index (χ3v) is 9.60.